The van der Waals surface area contributed by atoms with E-state index in [9.17, 15) is 14.4 Å². The summed E-state index contributed by atoms with van der Waals surface area (Å²) in [5, 5.41) is 3.28. The first-order valence-corrected chi connectivity index (χ1v) is 10.0. The third-order valence-corrected chi connectivity index (χ3v) is 4.40. The fraction of sp³-hybridized carbons (Fsp3) is 0.261. The molecule has 0 aliphatic heterocycles. The Morgan fingerprint density at radius 3 is 2.48 bits per heavy atom. The van der Waals surface area contributed by atoms with Crippen molar-refractivity contribution in [3.05, 3.63) is 64.0 Å². The third-order valence-electron chi connectivity index (χ3n) is 4.10. The second-order valence-electron chi connectivity index (χ2n) is 7.78. The first kappa shape index (κ1) is 22.4. The molecule has 0 radical (unpaired) electrons. The van der Waals surface area contributed by atoms with Gasteiger partial charge in [-0.25, -0.2) is 9.59 Å². The van der Waals surface area contributed by atoms with Gasteiger partial charge in [-0.05, 0) is 38.0 Å². The fourth-order valence-corrected chi connectivity index (χ4v) is 3.05. The normalized spacial score (nSPS) is 11.2. The molecule has 1 amide bonds. The number of carbonyl (C=O) groups is 2. The molecule has 8 heteroatoms. The van der Waals surface area contributed by atoms with Crippen LogP contribution in [0.3, 0.4) is 0 Å². The smallest absolute Gasteiger partial charge is 0.407 e. The zero-order valence-corrected chi connectivity index (χ0v) is 18.1. The van der Waals surface area contributed by atoms with Crippen LogP contribution in [0, 0.1) is 0 Å². The molecule has 0 spiro atoms. The Morgan fingerprint density at radius 2 is 1.81 bits per heavy atom. The van der Waals surface area contributed by atoms with Crippen LogP contribution in [0.25, 0.3) is 22.1 Å². The van der Waals surface area contributed by atoms with E-state index in [2.05, 4.69) is 5.32 Å². The van der Waals surface area contributed by atoms with E-state index in [1.165, 1.54) is 12.1 Å². The van der Waals surface area contributed by atoms with Gasteiger partial charge < -0.3 is 19.2 Å². The molecule has 0 aliphatic carbocycles. The lowest BCUT2D eigenvalue weighted by Crippen LogP contribution is -2.34. The van der Waals surface area contributed by atoms with E-state index in [0.29, 0.717) is 10.9 Å². The van der Waals surface area contributed by atoms with Gasteiger partial charge in [-0.3, -0.25) is 4.79 Å². The Hall–Kier alpha value is -3.32. The SMILES string of the molecule is CC(C)(C)OC(=O)NCCC(=O)Oc1cc2oc(=O)cc(-c3ccccc3)c2cc1Cl. The Bertz CT molecular complexity index is 1160. The number of nitrogens with one attached hydrogen (secondary N) is 1. The zero-order valence-electron chi connectivity index (χ0n) is 17.4. The Morgan fingerprint density at radius 1 is 1.10 bits per heavy atom. The lowest BCUT2D eigenvalue weighted by Gasteiger charge is -2.19. The molecule has 0 bridgehead atoms. The molecule has 0 saturated carbocycles. The highest BCUT2D eigenvalue weighted by molar-refractivity contribution is 6.33. The molecule has 1 heterocycles. The van der Waals surface area contributed by atoms with Crippen LogP contribution < -0.4 is 15.7 Å². The van der Waals surface area contributed by atoms with Crippen molar-refractivity contribution in [2.75, 3.05) is 6.54 Å². The summed E-state index contributed by atoms with van der Waals surface area (Å²) in [6, 6.07) is 13.7. The highest BCUT2D eigenvalue weighted by Gasteiger charge is 2.17. The van der Waals surface area contributed by atoms with Crippen LogP contribution in [0.5, 0.6) is 5.75 Å². The number of carbonyl (C=O) groups excluding carboxylic acids is 2. The first-order chi connectivity index (χ1) is 14.6. The van der Waals surface area contributed by atoms with Crippen molar-refractivity contribution in [2.24, 2.45) is 0 Å². The summed E-state index contributed by atoms with van der Waals surface area (Å²) >= 11 is 6.32. The average molecular weight is 444 g/mol. The molecule has 0 aliphatic rings. The number of fused-ring (bicyclic) bond motifs is 1. The van der Waals surface area contributed by atoms with Crippen molar-refractivity contribution in [1.29, 1.82) is 0 Å². The van der Waals surface area contributed by atoms with E-state index in [0.717, 1.165) is 5.56 Å². The summed E-state index contributed by atoms with van der Waals surface area (Å²) in [6.07, 6.45) is -0.721. The van der Waals surface area contributed by atoms with Gasteiger partial charge in [0.05, 0.1) is 11.4 Å². The van der Waals surface area contributed by atoms with Gasteiger partial charge in [0, 0.05) is 24.1 Å². The Labute approximate surface area is 183 Å². The molecule has 162 valence electrons. The fourth-order valence-electron chi connectivity index (χ4n) is 2.85. The summed E-state index contributed by atoms with van der Waals surface area (Å²) in [7, 11) is 0. The number of benzene rings is 2. The number of ether oxygens (including phenoxy) is 2. The second kappa shape index (κ2) is 9.22. The molecular weight excluding hydrogens is 422 g/mol. The molecule has 0 unspecified atom stereocenters. The maximum atomic E-state index is 12.2. The van der Waals surface area contributed by atoms with Gasteiger partial charge in [-0.1, -0.05) is 41.9 Å². The van der Waals surface area contributed by atoms with Crippen molar-refractivity contribution in [1.82, 2.24) is 5.32 Å². The molecule has 0 saturated heterocycles. The quantitative estimate of drug-likeness (QED) is 0.341. The Kier molecular flexibility index (Phi) is 6.65. The van der Waals surface area contributed by atoms with Crippen LogP contribution in [0.15, 0.2) is 57.7 Å². The summed E-state index contributed by atoms with van der Waals surface area (Å²) in [5.41, 5.74) is 0.562. The van der Waals surface area contributed by atoms with Crippen molar-refractivity contribution in [3.8, 4) is 16.9 Å². The van der Waals surface area contributed by atoms with Gasteiger partial charge in [0.15, 0.2) is 5.75 Å². The molecule has 2 aromatic carbocycles. The largest absolute Gasteiger partial charge is 0.444 e. The maximum absolute atomic E-state index is 12.2. The number of hydrogen-bond acceptors (Lipinski definition) is 6. The van der Waals surface area contributed by atoms with Gasteiger partial charge in [-0.2, -0.15) is 0 Å². The van der Waals surface area contributed by atoms with Gasteiger partial charge in [0.1, 0.15) is 11.2 Å². The third kappa shape index (κ3) is 6.08. The molecule has 0 atom stereocenters. The van der Waals surface area contributed by atoms with Gasteiger partial charge in [-0.15, -0.1) is 0 Å². The van der Waals surface area contributed by atoms with Crippen LogP contribution >= 0.6 is 11.6 Å². The number of rotatable bonds is 5. The summed E-state index contributed by atoms with van der Waals surface area (Å²) in [4.78, 5) is 35.8. The molecule has 3 rings (SSSR count). The molecule has 31 heavy (non-hydrogen) atoms. The lowest BCUT2D eigenvalue weighted by molar-refractivity contribution is -0.134. The molecule has 1 aromatic heterocycles. The van der Waals surface area contributed by atoms with Crippen molar-refractivity contribution >= 4 is 34.6 Å². The monoisotopic (exact) mass is 443 g/mol. The van der Waals surface area contributed by atoms with Crippen LogP contribution in [0.2, 0.25) is 5.02 Å². The summed E-state index contributed by atoms with van der Waals surface area (Å²) in [5.74, 6) is -0.552. The van der Waals surface area contributed by atoms with Gasteiger partial charge in [0.2, 0.25) is 0 Å². The van der Waals surface area contributed by atoms with Gasteiger partial charge in [0.25, 0.3) is 0 Å². The summed E-state index contributed by atoms with van der Waals surface area (Å²) in [6.45, 7) is 5.25. The molecular formula is C23H22ClNO6. The molecule has 1 N–H and O–H groups in total. The predicted octanol–water partition coefficient (Wildman–Crippen LogP) is 4.93. The second-order valence-corrected chi connectivity index (χ2v) is 8.18. The molecule has 0 fully saturated rings. The molecule has 3 aromatic rings. The topological polar surface area (TPSA) is 94.8 Å². The minimum absolute atomic E-state index is 0.0339. The minimum Gasteiger partial charge on any atom is -0.444 e. The number of esters is 1. The van der Waals surface area contributed by atoms with E-state index in [-0.39, 0.29) is 29.3 Å². The van der Waals surface area contributed by atoms with E-state index in [4.69, 9.17) is 25.5 Å². The van der Waals surface area contributed by atoms with Crippen molar-refractivity contribution in [2.45, 2.75) is 32.8 Å². The number of amides is 1. The average Bonchev–Trinajstić information content (AvgIpc) is 2.67. The Balaban J connectivity index is 1.75. The van der Waals surface area contributed by atoms with Crippen LogP contribution in [0.1, 0.15) is 27.2 Å². The van der Waals surface area contributed by atoms with E-state index in [1.54, 1.807) is 26.8 Å². The van der Waals surface area contributed by atoms with Crippen molar-refractivity contribution in [3.63, 3.8) is 0 Å². The standard InChI is InChI=1S/C23H22ClNO6/c1-23(2,3)31-22(28)25-10-9-20(26)30-19-13-18-16(11-17(19)24)15(12-21(27)29-18)14-7-5-4-6-8-14/h4-8,11-13H,9-10H2,1-3H3,(H,25,28). The minimum atomic E-state index is -0.633. The van der Waals surface area contributed by atoms with Crippen LogP contribution in [0.4, 0.5) is 4.79 Å². The van der Waals surface area contributed by atoms with E-state index < -0.39 is 23.3 Å². The lowest BCUT2D eigenvalue weighted by atomic mass is 10.0. The van der Waals surface area contributed by atoms with E-state index >= 15 is 0 Å². The predicted molar refractivity (Wildman–Crippen MR) is 117 cm³/mol. The highest BCUT2D eigenvalue weighted by Crippen LogP contribution is 2.34. The maximum Gasteiger partial charge on any atom is 0.407 e. The zero-order chi connectivity index (χ0) is 22.6. The molecule has 7 nitrogen and oxygen atoms in total. The first-order valence-electron chi connectivity index (χ1n) is 9.63. The van der Waals surface area contributed by atoms with Crippen LogP contribution in [-0.4, -0.2) is 24.2 Å². The van der Waals surface area contributed by atoms with Crippen LogP contribution in [-0.2, 0) is 9.53 Å². The number of alkyl carbamates (subject to hydrolysis) is 1. The number of halogens is 1. The number of hydrogen-bond donors (Lipinski definition) is 1. The van der Waals surface area contributed by atoms with Gasteiger partial charge >= 0.3 is 17.7 Å². The van der Waals surface area contributed by atoms with Crippen molar-refractivity contribution < 1.29 is 23.5 Å². The van der Waals surface area contributed by atoms with E-state index in [1.807, 2.05) is 30.3 Å². The highest BCUT2D eigenvalue weighted by atomic mass is 35.5. The summed E-state index contributed by atoms with van der Waals surface area (Å²) < 4.78 is 15.7.